The lowest BCUT2D eigenvalue weighted by atomic mass is 9.90. The third-order valence-electron chi connectivity index (χ3n) is 5.30. The fourth-order valence-electron chi connectivity index (χ4n) is 3.71. The number of rotatable bonds is 3. The van der Waals surface area contributed by atoms with Gasteiger partial charge in [-0.1, -0.05) is 22.9 Å². The predicted molar refractivity (Wildman–Crippen MR) is 106 cm³/mol. The van der Waals surface area contributed by atoms with Gasteiger partial charge in [0, 0.05) is 36.8 Å². The van der Waals surface area contributed by atoms with Crippen molar-refractivity contribution in [1.82, 2.24) is 20.0 Å². The maximum atomic E-state index is 12.8. The first-order valence-electron chi connectivity index (χ1n) is 9.64. The minimum Gasteiger partial charge on any atom is -0.356 e. The van der Waals surface area contributed by atoms with E-state index in [-0.39, 0.29) is 11.8 Å². The van der Waals surface area contributed by atoms with Gasteiger partial charge in [-0.05, 0) is 45.7 Å². The monoisotopic (exact) mass is 376 g/mol. The standard InChI is InChI=1S/C22H24N4O2/c1-14-4-6-18(7-5-14)22(27)26-10-8-17(9-11-26)21-19(13-23-16(3)24-21)20-12-15(2)25-28-20/h4-7,12-13,17H,8-11H2,1-3H3. The Bertz CT molecular complexity index is 986. The number of aryl methyl sites for hydroxylation is 3. The molecule has 3 aromatic rings. The summed E-state index contributed by atoms with van der Waals surface area (Å²) in [5.41, 5.74) is 4.63. The van der Waals surface area contributed by atoms with Gasteiger partial charge < -0.3 is 9.42 Å². The molecular weight excluding hydrogens is 352 g/mol. The molecule has 0 atom stereocenters. The molecule has 28 heavy (non-hydrogen) atoms. The fraction of sp³-hybridized carbons (Fsp3) is 0.364. The minimum atomic E-state index is 0.100. The number of benzene rings is 1. The first-order valence-corrected chi connectivity index (χ1v) is 9.64. The van der Waals surface area contributed by atoms with Crippen LogP contribution in [0, 0.1) is 20.8 Å². The summed E-state index contributed by atoms with van der Waals surface area (Å²) >= 11 is 0. The van der Waals surface area contributed by atoms with Crippen LogP contribution in [0.1, 0.15) is 51.9 Å². The fourth-order valence-corrected chi connectivity index (χ4v) is 3.71. The van der Waals surface area contributed by atoms with E-state index in [1.165, 1.54) is 0 Å². The molecule has 1 saturated heterocycles. The average Bonchev–Trinajstić information content (AvgIpc) is 3.14. The smallest absolute Gasteiger partial charge is 0.253 e. The van der Waals surface area contributed by atoms with Crippen molar-refractivity contribution in [1.29, 1.82) is 0 Å². The summed E-state index contributed by atoms with van der Waals surface area (Å²) in [5.74, 6) is 1.81. The minimum absolute atomic E-state index is 0.100. The van der Waals surface area contributed by atoms with Crippen molar-refractivity contribution < 1.29 is 9.32 Å². The molecule has 3 heterocycles. The van der Waals surface area contributed by atoms with E-state index in [4.69, 9.17) is 9.51 Å². The zero-order valence-electron chi connectivity index (χ0n) is 16.5. The number of hydrogen-bond acceptors (Lipinski definition) is 5. The average molecular weight is 376 g/mol. The maximum Gasteiger partial charge on any atom is 0.253 e. The van der Waals surface area contributed by atoms with Gasteiger partial charge in [0.1, 0.15) is 5.82 Å². The summed E-state index contributed by atoms with van der Waals surface area (Å²) < 4.78 is 5.45. The normalized spacial score (nSPS) is 15.0. The van der Waals surface area contributed by atoms with E-state index >= 15 is 0 Å². The van der Waals surface area contributed by atoms with E-state index in [0.717, 1.165) is 59.8 Å². The van der Waals surface area contributed by atoms with Crippen LogP contribution in [0.25, 0.3) is 11.3 Å². The van der Waals surface area contributed by atoms with Crippen LogP contribution < -0.4 is 0 Å². The zero-order valence-corrected chi connectivity index (χ0v) is 16.5. The third kappa shape index (κ3) is 3.67. The quantitative estimate of drug-likeness (QED) is 0.689. The van der Waals surface area contributed by atoms with Crippen LogP contribution in [0.4, 0.5) is 0 Å². The van der Waals surface area contributed by atoms with Crippen LogP contribution in [0.15, 0.2) is 41.1 Å². The lowest BCUT2D eigenvalue weighted by molar-refractivity contribution is 0.0712. The molecule has 0 aliphatic carbocycles. The van der Waals surface area contributed by atoms with Gasteiger partial charge in [-0.25, -0.2) is 9.97 Å². The van der Waals surface area contributed by atoms with Crippen LogP contribution >= 0.6 is 0 Å². The second-order valence-corrected chi connectivity index (χ2v) is 7.48. The van der Waals surface area contributed by atoms with Crippen molar-refractivity contribution in [3.8, 4) is 11.3 Å². The van der Waals surface area contributed by atoms with Crippen LogP contribution in [0.3, 0.4) is 0 Å². The van der Waals surface area contributed by atoms with E-state index in [9.17, 15) is 4.79 Å². The van der Waals surface area contributed by atoms with Gasteiger partial charge in [0.05, 0.1) is 17.0 Å². The number of amides is 1. The summed E-state index contributed by atoms with van der Waals surface area (Å²) in [4.78, 5) is 23.8. The molecular formula is C22H24N4O2. The number of piperidine rings is 1. The second-order valence-electron chi connectivity index (χ2n) is 7.48. The predicted octanol–water partition coefficient (Wildman–Crippen LogP) is 4.08. The first kappa shape index (κ1) is 18.3. The van der Waals surface area contributed by atoms with Crippen LogP contribution in [0.2, 0.25) is 0 Å². The molecule has 1 aromatic carbocycles. The van der Waals surface area contributed by atoms with Gasteiger partial charge >= 0.3 is 0 Å². The molecule has 0 bridgehead atoms. The van der Waals surface area contributed by atoms with Gasteiger partial charge in [-0.15, -0.1) is 0 Å². The van der Waals surface area contributed by atoms with Crippen molar-refractivity contribution in [2.24, 2.45) is 0 Å². The molecule has 0 unspecified atom stereocenters. The highest BCUT2D eigenvalue weighted by Gasteiger charge is 2.28. The van der Waals surface area contributed by atoms with Gasteiger partial charge in [-0.2, -0.15) is 0 Å². The number of hydrogen-bond donors (Lipinski definition) is 0. The SMILES string of the molecule is Cc1ccc(C(=O)N2CCC(c3nc(C)ncc3-c3cc(C)no3)CC2)cc1. The van der Waals surface area contributed by atoms with E-state index in [2.05, 4.69) is 10.1 Å². The summed E-state index contributed by atoms with van der Waals surface area (Å²) in [7, 11) is 0. The summed E-state index contributed by atoms with van der Waals surface area (Å²) in [6.45, 7) is 7.26. The molecule has 1 aliphatic heterocycles. The van der Waals surface area contributed by atoms with Gasteiger partial charge in [-0.3, -0.25) is 4.79 Å². The van der Waals surface area contributed by atoms with Crippen molar-refractivity contribution in [2.45, 2.75) is 39.5 Å². The topological polar surface area (TPSA) is 72.1 Å². The van der Waals surface area contributed by atoms with Crippen molar-refractivity contribution in [3.05, 3.63) is 64.9 Å². The number of likely N-dealkylation sites (tertiary alicyclic amines) is 1. The van der Waals surface area contributed by atoms with Crippen molar-refractivity contribution in [3.63, 3.8) is 0 Å². The van der Waals surface area contributed by atoms with Gasteiger partial charge in [0.2, 0.25) is 0 Å². The molecule has 6 heteroatoms. The molecule has 0 radical (unpaired) electrons. The van der Waals surface area contributed by atoms with Crippen molar-refractivity contribution in [2.75, 3.05) is 13.1 Å². The second kappa shape index (κ2) is 7.54. The molecule has 6 nitrogen and oxygen atoms in total. The Balaban J connectivity index is 1.52. The van der Waals surface area contributed by atoms with Crippen LogP contribution in [-0.4, -0.2) is 39.0 Å². The molecule has 1 amide bonds. The molecule has 1 aliphatic rings. The van der Waals surface area contributed by atoms with E-state index in [0.29, 0.717) is 5.76 Å². The summed E-state index contributed by atoms with van der Waals surface area (Å²) in [6.07, 6.45) is 3.56. The number of nitrogens with zero attached hydrogens (tertiary/aromatic N) is 4. The Hall–Kier alpha value is -3.02. The van der Waals surface area contributed by atoms with Gasteiger partial charge in [0.25, 0.3) is 5.91 Å². The van der Waals surface area contributed by atoms with E-state index in [1.807, 2.05) is 62.2 Å². The molecule has 0 spiro atoms. The highest BCUT2D eigenvalue weighted by atomic mass is 16.5. The largest absolute Gasteiger partial charge is 0.356 e. The molecule has 144 valence electrons. The van der Waals surface area contributed by atoms with Crippen LogP contribution in [0.5, 0.6) is 0 Å². The van der Waals surface area contributed by atoms with Gasteiger partial charge in [0.15, 0.2) is 5.76 Å². The summed E-state index contributed by atoms with van der Waals surface area (Å²) in [5, 5.41) is 3.99. The molecule has 2 aromatic heterocycles. The summed E-state index contributed by atoms with van der Waals surface area (Å²) in [6, 6.07) is 9.68. The van der Waals surface area contributed by atoms with E-state index in [1.54, 1.807) is 0 Å². The lowest BCUT2D eigenvalue weighted by Gasteiger charge is -2.32. The Morgan fingerprint density at radius 2 is 1.82 bits per heavy atom. The molecule has 0 saturated carbocycles. The number of carbonyl (C=O) groups excluding carboxylic acids is 1. The molecule has 1 fully saturated rings. The number of carbonyl (C=O) groups is 1. The number of aromatic nitrogens is 3. The third-order valence-corrected chi connectivity index (χ3v) is 5.30. The highest BCUT2D eigenvalue weighted by Crippen LogP contribution is 2.34. The molecule has 0 N–H and O–H groups in total. The Morgan fingerprint density at radius 3 is 2.46 bits per heavy atom. The zero-order chi connectivity index (χ0) is 19.7. The van der Waals surface area contributed by atoms with Crippen molar-refractivity contribution >= 4 is 5.91 Å². The maximum absolute atomic E-state index is 12.8. The lowest BCUT2D eigenvalue weighted by Crippen LogP contribution is -2.38. The Morgan fingerprint density at radius 1 is 1.11 bits per heavy atom. The molecule has 4 rings (SSSR count). The highest BCUT2D eigenvalue weighted by molar-refractivity contribution is 5.94. The van der Waals surface area contributed by atoms with Crippen LogP contribution in [-0.2, 0) is 0 Å². The van der Waals surface area contributed by atoms with E-state index < -0.39 is 0 Å². The Labute approximate surface area is 164 Å². The first-order chi connectivity index (χ1) is 13.5. The Kier molecular flexibility index (Phi) is 4.94.